The molecule has 0 radical (unpaired) electrons. The molecule has 2 nitrogen and oxygen atoms in total. The van der Waals surface area contributed by atoms with Gasteiger partial charge in [0.05, 0.1) is 11.4 Å². The fourth-order valence-electron chi connectivity index (χ4n) is 6.82. The Bertz CT molecular complexity index is 2600. The summed E-state index contributed by atoms with van der Waals surface area (Å²) in [7, 11) is 0. The highest BCUT2D eigenvalue weighted by molar-refractivity contribution is 6.00. The topological polar surface area (TPSA) is 25.8 Å². The largest absolute Gasteiger partial charge is 0.228 e. The molecule has 0 saturated heterocycles. The van der Waals surface area contributed by atoms with E-state index in [0.29, 0.717) is 5.82 Å². The quantitative estimate of drug-likeness (QED) is 0.194. The molecule has 224 valence electrons. The van der Waals surface area contributed by atoms with E-state index < -0.39 is 0 Å². The monoisotopic (exact) mass is 610 g/mol. The van der Waals surface area contributed by atoms with E-state index in [9.17, 15) is 0 Å². The predicted octanol–water partition coefficient (Wildman–Crippen LogP) is 12.3. The maximum atomic E-state index is 5.25. The Morgan fingerprint density at radius 1 is 0.271 bits per heavy atom. The van der Waals surface area contributed by atoms with Crippen molar-refractivity contribution in [1.29, 1.82) is 0 Å². The highest BCUT2D eigenvalue weighted by Crippen LogP contribution is 2.36. The van der Waals surface area contributed by atoms with Crippen LogP contribution in [-0.2, 0) is 0 Å². The Labute approximate surface area is 279 Å². The van der Waals surface area contributed by atoms with Crippen LogP contribution in [0.15, 0.2) is 182 Å². The van der Waals surface area contributed by atoms with Crippen molar-refractivity contribution in [2.45, 2.75) is 0 Å². The molecule has 0 spiro atoms. The van der Waals surface area contributed by atoms with E-state index in [1.807, 2.05) is 6.07 Å². The first kappa shape index (κ1) is 27.9. The fraction of sp³-hybridized carbons (Fsp3) is 0. The fourth-order valence-corrected chi connectivity index (χ4v) is 6.82. The van der Waals surface area contributed by atoms with Crippen molar-refractivity contribution in [3.05, 3.63) is 182 Å². The molecule has 0 bridgehead atoms. The molecule has 1 heterocycles. The van der Waals surface area contributed by atoms with Crippen molar-refractivity contribution in [2.24, 2.45) is 0 Å². The third kappa shape index (κ3) is 5.10. The smallest absolute Gasteiger partial charge is 0.160 e. The summed E-state index contributed by atoms with van der Waals surface area (Å²) >= 11 is 0. The summed E-state index contributed by atoms with van der Waals surface area (Å²) in [6.45, 7) is 0. The molecule has 0 saturated carbocycles. The highest BCUT2D eigenvalue weighted by Gasteiger charge is 2.14. The Morgan fingerprint density at radius 3 is 1.69 bits per heavy atom. The van der Waals surface area contributed by atoms with Gasteiger partial charge in [0.2, 0.25) is 0 Å². The number of fused-ring (bicyclic) bond motifs is 3. The third-order valence-corrected chi connectivity index (χ3v) is 9.26. The lowest BCUT2D eigenvalue weighted by atomic mass is 9.95. The third-order valence-electron chi connectivity index (χ3n) is 9.26. The number of hydrogen-bond donors (Lipinski definition) is 0. The first-order chi connectivity index (χ1) is 23.8. The van der Waals surface area contributed by atoms with Crippen molar-refractivity contribution in [3.8, 4) is 56.2 Å². The summed E-state index contributed by atoms with van der Waals surface area (Å²) in [6.07, 6.45) is 0. The average Bonchev–Trinajstić information content (AvgIpc) is 3.17. The Kier molecular flexibility index (Phi) is 6.84. The zero-order chi connectivity index (χ0) is 31.9. The van der Waals surface area contributed by atoms with Crippen LogP contribution < -0.4 is 0 Å². The standard InChI is InChI=1S/C46H30N2/c1-3-11-31(12-4-1)35-25-26-42-36(27-35)17-10-20-43(42)45-30-44(34-14-5-2-6-15-34)47-46(48-45)38-24-22-32-21-23-37(28-39(32)29-38)41-19-9-16-33-13-7-8-18-40(33)41/h1-30H. The van der Waals surface area contributed by atoms with Crippen LogP contribution in [0.2, 0.25) is 0 Å². The molecule has 48 heavy (non-hydrogen) atoms. The van der Waals surface area contributed by atoms with E-state index in [0.717, 1.165) is 33.5 Å². The van der Waals surface area contributed by atoms with Gasteiger partial charge in [0, 0.05) is 16.7 Å². The van der Waals surface area contributed by atoms with Crippen LogP contribution in [0, 0.1) is 0 Å². The zero-order valence-electron chi connectivity index (χ0n) is 26.2. The van der Waals surface area contributed by atoms with Gasteiger partial charge in [-0.05, 0) is 78.8 Å². The molecule has 0 N–H and O–H groups in total. The van der Waals surface area contributed by atoms with E-state index in [-0.39, 0.29) is 0 Å². The van der Waals surface area contributed by atoms with Gasteiger partial charge in [0.15, 0.2) is 5.82 Å². The molecule has 0 aliphatic carbocycles. The molecule has 2 heteroatoms. The predicted molar refractivity (Wildman–Crippen MR) is 202 cm³/mol. The van der Waals surface area contributed by atoms with E-state index in [2.05, 4.69) is 176 Å². The van der Waals surface area contributed by atoms with Gasteiger partial charge in [0.1, 0.15) is 0 Å². The average molecular weight is 611 g/mol. The van der Waals surface area contributed by atoms with Gasteiger partial charge in [-0.1, -0.05) is 158 Å². The molecule has 1 aromatic heterocycles. The van der Waals surface area contributed by atoms with Crippen LogP contribution >= 0.6 is 0 Å². The van der Waals surface area contributed by atoms with Gasteiger partial charge in [-0.15, -0.1) is 0 Å². The summed E-state index contributed by atoms with van der Waals surface area (Å²) in [4.78, 5) is 10.4. The molecular weight excluding hydrogens is 581 g/mol. The number of hydrogen-bond acceptors (Lipinski definition) is 2. The van der Waals surface area contributed by atoms with Crippen LogP contribution in [0.1, 0.15) is 0 Å². The van der Waals surface area contributed by atoms with Crippen LogP contribution in [0.4, 0.5) is 0 Å². The van der Waals surface area contributed by atoms with E-state index in [4.69, 9.17) is 9.97 Å². The van der Waals surface area contributed by atoms with E-state index >= 15 is 0 Å². The lowest BCUT2D eigenvalue weighted by molar-refractivity contribution is 1.19. The maximum absolute atomic E-state index is 5.25. The van der Waals surface area contributed by atoms with Crippen LogP contribution in [0.5, 0.6) is 0 Å². The van der Waals surface area contributed by atoms with Gasteiger partial charge >= 0.3 is 0 Å². The second-order valence-electron chi connectivity index (χ2n) is 12.2. The molecule has 0 aliphatic rings. The summed E-state index contributed by atoms with van der Waals surface area (Å²) in [5, 5.41) is 7.19. The van der Waals surface area contributed by atoms with Crippen molar-refractivity contribution in [3.63, 3.8) is 0 Å². The molecule has 0 amide bonds. The van der Waals surface area contributed by atoms with Crippen LogP contribution in [-0.4, -0.2) is 9.97 Å². The molecular formula is C46H30N2. The Balaban J connectivity index is 1.19. The van der Waals surface area contributed by atoms with Crippen molar-refractivity contribution in [2.75, 3.05) is 0 Å². The molecule has 9 rings (SSSR count). The van der Waals surface area contributed by atoms with Gasteiger partial charge in [-0.2, -0.15) is 0 Å². The number of aromatic nitrogens is 2. The van der Waals surface area contributed by atoms with Crippen LogP contribution in [0.25, 0.3) is 88.5 Å². The minimum Gasteiger partial charge on any atom is -0.228 e. The van der Waals surface area contributed by atoms with Gasteiger partial charge in [-0.3, -0.25) is 0 Å². The first-order valence-electron chi connectivity index (χ1n) is 16.3. The number of rotatable bonds is 5. The zero-order valence-corrected chi connectivity index (χ0v) is 26.2. The van der Waals surface area contributed by atoms with Crippen LogP contribution in [0.3, 0.4) is 0 Å². The maximum Gasteiger partial charge on any atom is 0.160 e. The van der Waals surface area contributed by atoms with Crippen molar-refractivity contribution >= 4 is 32.3 Å². The first-order valence-corrected chi connectivity index (χ1v) is 16.3. The highest BCUT2D eigenvalue weighted by atomic mass is 14.9. The van der Waals surface area contributed by atoms with Gasteiger partial charge in [-0.25, -0.2) is 9.97 Å². The summed E-state index contributed by atoms with van der Waals surface area (Å²) < 4.78 is 0. The van der Waals surface area contributed by atoms with E-state index in [1.54, 1.807) is 0 Å². The molecule has 0 atom stereocenters. The Hall–Kier alpha value is -6.38. The SMILES string of the molecule is c1ccc(-c2ccc3c(-c4cc(-c5ccccc5)nc(-c5ccc6ccc(-c7cccc8ccccc78)cc6c5)n4)cccc3c2)cc1. The second-order valence-corrected chi connectivity index (χ2v) is 12.2. The second kappa shape index (κ2) is 11.8. The van der Waals surface area contributed by atoms with Gasteiger partial charge < -0.3 is 0 Å². The summed E-state index contributed by atoms with van der Waals surface area (Å²) in [5.74, 6) is 0.710. The number of benzene rings is 8. The molecule has 9 aromatic rings. The van der Waals surface area contributed by atoms with Crippen molar-refractivity contribution < 1.29 is 0 Å². The molecule has 8 aromatic carbocycles. The molecule has 0 unspecified atom stereocenters. The normalized spacial score (nSPS) is 11.3. The molecule has 0 fully saturated rings. The Morgan fingerprint density at radius 2 is 0.854 bits per heavy atom. The summed E-state index contributed by atoms with van der Waals surface area (Å²) in [5.41, 5.74) is 9.79. The van der Waals surface area contributed by atoms with Crippen molar-refractivity contribution in [1.82, 2.24) is 9.97 Å². The molecule has 0 aliphatic heterocycles. The summed E-state index contributed by atoms with van der Waals surface area (Å²) in [6, 6.07) is 64.6. The minimum atomic E-state index is 0.710. The van der Waals surface area contributed by atoms with E-state index in [1.165, 1.54) is 49.2 Å². The lowest BCUT2D eigenvalue weighted by Gasteiger charge is -2.13. The minimum absolute atomic E-state index is 0.710. The number of nitrogens with zero attached hydrogens (tertiary/aromatic N) is 2. The van der Waals surface area contributed by atoms with Gasteiger partial charge in [0.25, 0.3) is 0 Å². The lowest BCUT2D eigenvalue weighted by Crippen LogP contribution is -1.96.